The first kappa shape index (κ1) is 14.7. The van der Waals surface area contributed by atoms with Crippen molar-refractivity contribution in [1.29, 1.82) is 0 Å². The summed E-state index contributed by atoms with van der Waals surface area (Å²) < 4.78 is 31.4. The van der Waals surface area contributed by atoms with Crippen LogP contribution in [0.4, 0.5) is 0 Å². The molecule has 1 saturated heterocycles. The van der Waals surface area contributed by atoms with Gasteiger partial charge < -0.3 is 0 Å². The SMILES string of the molecule is O=[P+](O)OC1(O[P+](=O)O)C[C@@H]2CCCN[C@]2(Cl)C1. The van der Waals surface area contributed by atoms with Crippen LogP contribution < -0.4 is 5.32 Å². The van der Waals surface area contributed by atoms with E-state index < -0.39 is 27.3 Å². The third kappa shape index (κ3) is 3.06. The highest BCUT2D eigenvalue weighted by atomic mass is 35.5. The molecule has 2 fully saturated rings. The van der Waals surface area contributed by atoms with Gasteiger partial charge in [-0.05, 0) is 25.3 Å². The van der Waals surface area contributed by atoms with E-state index in [0.29, 0.717) is 0 Å². The van der Waals surface area contributed by atoms with E-state index in [9.17, 15) is 9.13 Å². The standard InChI is InChI=1S/C8H12ClNO6P2/c9-8-5-7(15-17(11)12,16-18(13)14)4-6(8)2-1-3-10-8/h6,10H,1-5H2/p+2/t6-,8+/m0/s1. The molecule has 2 unspecified atom stereocenters. The van der Waals surface area contributed by atoms with E-state index in [1.165, 1.54) is 0 Å². The monoisotopic (exact) mass is 317 g/mol. The lowest BCUT2D eigenvalue weighted by Crippen LogP contribution is -2.47. The highest BCUT2D eigenvalue weighted by Crippen LogP contribution is 2.55. The van der Waals surface area contributed by atoms with Gasteiger partial charge in [0.2, 0.25) is 0 Å². The zero-order chi connectivity index (χ0) is 13.4. The van der Waals surface area contributed by atoms with Crippen LogP contribution in [0, 0.1) is 5.92 Å². The largest absolute Gasteiger partial charge is 0.697 e. The molecule has 2 aliphatic rings. The van der Waals surface area contributed by atoms with Crippen LogP contribution in [0.25, 0.3) is 0 Å². The smallest absolute Gasteiger partial charge is 0.298 e. The van der Waals surface area contributed by atoms with Gasteiger partial charge in [0.05, 0.1) is 0 Å². The Kier molecular flexibility index (Phi) is 4.37. The summed E-state index contributed by atoms with van der Waals surface area (Å²) in [5, 5.41) is 3.11. The lowest BCUT2D eigenvalue weighted by atomic mass is 9.93. The maximum atomic E-state index is 10.9. The van der Waals surface area contributed by atoms with Crippen molar-refractivity contribution in [3.8, 4) is 0 Å². The van der Waals surface area contributed by atoms with Crippen LogP contribution in [0.2, 0.25) is 0 Å². The molecule has 1 aliphatic carbocycles. The van der Waals surface area contributed by atoms with Crippen LogP contribution in [0.5, 0.6) is 0 Å². The predicted octanol–water partition coefficient (Wildman–Crippen LogP) is 1.74. The third-order valence-electron chi connectivity index (χ3n) is 3.37. The van der Waals surface area contributed by atoms with Gasteiger partial charge in [0, 0.05) is 22.0 Å². The molecule has 0 spiro atoms. The van der Waals surface area contributed by atoms with E-state index in [-0.39, 0.29) is 18.8 Å². The maximum Gasteiger partial charge on any atom is 0.697 e. The van der Waals surface area contributed by atoms with Crippen LogP contribution in [0.3, 0.4) is 0 Å². The Morgan fingerprint density at radius 3 is 2.39 bits per heavy atom. The summed E-state index contributed by atoms with van der Waals surface area (Å²) in [4.78, 5) is 16.9. The quantitative estimate of drug-likeness (QED) is 0.314. The van der Waals surface area contributed by atoms with Crippen molar-refractivity contribution >= 4 is 28.1 Å². The molecule has 18 heavy (non-hydrogen) atoms. The molecule has 0 amide bonds. The Morgan fingerprint density at radius 1 is 1.28 bits per heavy atom. The van der Waals surface area contributed by atoms with Crippen LogP contribution in [-0.4, -0.2) is 27.1 Å². The van der Waals surface area contributed by atoms with Crippen molar-refractivity contribution in [2.45, 2.75) is 36.5 Å². The van der Waals surface area contributed by atoms with E-state index in [2.05, 4.69) is 5.32 Å². The molecule has 0 aromatic carbocycles. The van der Waals surface area contributed by atoms with Gasteiger partial charge in [-0.3, -0.25) is 5.32 Å². The molecule has 0 radical (unpaired) electrons. The third-order valence-corrected chi connectivity index (χ3v) is 4.92. The molecule has 1 aliphatic heterocycles. The zero-order valence-electron chi connectivity index (χ0n) is 9.41. The molecule has 102 valence electrons. The summed E-state index contributed by atoms with van der Waals surface area (Å²) in [7, 11) is -5.88. The van der Waals surface area contributed by atoms with E-state index >= 15 is 0 Å². The molecular formula is C8H14ClNO6P2+2. The fourth-order valence-electron chi connectivity index (χ4n) is 2.77. The van der Waals surface area contributed by atoms with Crippen molar-refractivity contribution in [3.63, 3.8) is 0 Å². The summed E-state index contributed by atoms with van der Waals surface area (Å²) in [6.45, 7) is 0.729. The second-order valence-corrected chi connectivity index (χ2v) is 6.57. The van der Waals surface area contributed by atoms with Crippen molar-refractivity contribution < 1.29 is 28.0 Å². The average molecular weight is 318 g/mol. The number of alkyl halides is 1. The Bertz CT molecular complexity index is 367. The lowest BCUT2D eigenvalue weighted by molar-refractivity contribution is -0.112. The molecule has 1 heterocycles. The van der Waals surface area contributed by atoms with Gasteiger partial charge in [0.25, 0.3) is 5.79 Å². The highest BCUT2D eigenvalue weighted by Gasteiger charge is 2.63. The van der Waals surface area contributed by atoms with Gasteiger partial charge in [-0.15, -0.1) is 21.4 Å². The molecule has 2 rings (SSSR count). The molecule has 3 N–H and O–H groups in total. The normalized spacial score (nSPS) is 41.4. The van der Waals surface area contributed by atoms with E-state index in [1.54, 1.807) is 0 Å². The minimum atomic E-state index is -2.94. The minimum absolute atomic E-state index is 0.0298. The molecule has 4 atom stereocenters. The van der Waals surface area contributed by atoms with E-state index in [4.69, 9.17) is 30.4 Å². The second-order valence-electron chi connectivity index (χ2n) is 4.58. The van der Waals surface area contributed by atoms with Crippen molar-refractivity contribution in [2.24, 2.45) is 5.92 Å². The molecule has 10 heteroatoms. The number of halogens is 1. The first-order valence-electron chi connectivity index (χ1n) is 5.50. The van der Waals surface area contributed by atoms with Crippen molar-refractivity contribution in [3.05, 3.63) is 0 Å². The van der Waals surface area contributed by atoms with Gasteiger partial charge in [-0.2, -0.15) is 0 Å². The number of nitrogens with one attached hydrogen (secondary N) is 1. The first-order chi connectivity index (χ1) is 8.35. The fraction of sp³-hybridized carbons (Fsp3) is 1.00. The molecule has 7 nitrogen and oxygen atoms in total. The lowest BCUT2D eigenvalue weighted by Gasteiger charge is -2.34. The molecule has 0 aromatic rings. The van der Waals surface area contributed by atoms with Crippen LogP contribution in [0.1, 0.15) is 25.7 Å². The average Bonchev–Trinajstić information content (AvgIpc) is 2.46. The van der Waals surface area contributed by atoms with Gasteiger partial charge in [0.1, 0.15) is 5.00 Å². The number of hydrogen-bond donors (Lipinski definition) is 3. The summed E-state index contributed by atoms with van der Waals surface area (Å²) in [5.74, 6) is -1.61. The van der Waals surface area contributed by atoms with Gasteiger partial charge in [-0.25, -0.2) is 0 Å². The Hall–Kier alpha value is 0.290. The van der Waals surface area contributed by atoms with Gasteiger partial charge in [0.15, 0.2) is 0 Å². The number of rotatable bonds is 4. The van der Waals surface area contributed by atoms with Gasteiger partial charge >= 0.3 is 16.5 Å². The highest BCUT2D eigenvalue weighted by molar-refractivity contribution is 7.33. The van der Waals surface area contributed by atoms with Crippen LogP contribution in [-0.2, 0) is 18.2 Å². The molecule has 0 bridgehead atoms. The van der Waals surface area contributed by atoms with Crippen LogP contribution >= 0.6 is 28.1 Å². The summed E-state index contributed by atoms with van der Waals surface area (Å²) in [6, 6.07) is 0. The molecule has 0 aromatic heterocycles. The van der Waals surface area contributed by atoms with E-state index in [0.717, 1.165) is 19.4 Å². The van der Waals surface area contributed by atoms with E-state index in [1.807, 2.05) is 0 Å². The number of piperidine rings is 1. The Balaban J connectivity index is 2.21. The Morgan fingerprint density at radius 2 is 1.89 bits per heavy atom. The minimum Gasteiger partial charge on any atom is -0.298 e. The summed E-state index contributed by atoms with van der Waals surface area (Å²) in [5.41, 5.74) is 0. The van der Waals surface area contributed by atoms with Crippen LogP contribution in [0.15, 0.2) is 0 Å². The number of hydrogen-bond acceptors (Lipinski definition) is 5. The first-order valence-corrected chi connectivity index (χ1v) is 8.14. The number of fused-ring (bicyclic) bond motifs is 1. The van der Waals surface area contributed by atoms with Crippen molar-refractivity contribution in [1.82, 2.24) is 5.32 Å². The molecular weight excluding hydrogens is 303 g/mol. The summed E-state index contributed by atoms with van der Waals surface area (Å²) in [6.07, 6.45) is 2.00. The maximum absolute atomic E-state index is 10.9. The topological polar surface area (TPSA) is 105 Å². The molecule has 1 saturated carbocycles. The zero-order valence-corrected chi connectivity index (χ0v) is 12.0. The van der Waals surface area contributed by atoms with Gasteiger partial charge in [-0.1, -0.05) is 9.05 Å². The fourth-order valence-corrected chi connectivity index (χ4v) is 4.23. The van der Waals surface area contributed by atoms with Crippen molar-refractivity contribution in [2.75, 3.05) is 6.54 Å². The predicted molar refractivity (Wildman–Crippen MR) is 63.1 cm³/mol. The Labute approximate surface area is 111 Å². The summed E-state index contributed by atoms with van der Waals surface area (Å²) >= 11 is 6.40. The second kappa shape index (κ2) is 5.35.